The average molecular weight is 314 g/mol. The van der Waals surface area contributed by atoms with Crippen molar-refractivity contribution >= 4 is 33.5 Å². The number of amides is 2. The highest BCUT2D eigenvalue weighted by molar-refractivity contribution is 7.85. The average Bonchev–Trinajstić information content (AvgIpc) is 2.38. The van der Waals surface area contributed by atoms with Gasteiger partial charge in [-0.3, -0.25) is 4.55 Å². The lowest BCUT2D eigenvalue weighted by Gasteiger charge is -2.04. The lowest BCUT2D eigenvalue weighted by atomic mass is 10.3. The number of carbonyl (C=O) groups is 2. The maximum atomic E-state index is 11.5. The van der Waals surface area contributed by atoms with Gasteiger partial charge in [-0.2, -0.15) is 13.4 Å². The highest BCUT2D eigenvalue weighted by atomic mass is 32.2. The van der Waals surface area contributed by atoms with Crippen molar-refractivity contribution in [2.75, 3.05) is 11.9 Å². The number of carbonyl (C=O) groups excluding carboxylic acids is 2. The van der Waals surface area contributed by atoms with Crippen LogP contribution in [0.1, 0.15) is 13.8 Å². The fourth-order valence-electron chi connectivity index (χ4n) is 1.30. The fourth-order valence-corrected chi connectivity index (χ4v) is 1.78. The predicted octanol–water partition coefficient (Wildman–Crippen LogP) is 1.49. The first-order chi connectivity index (χ1) is 9.74. The van der Waals surface area contributed by atoms with Crippen LogP contribution < -0.4 is 5.32 Å². The number of aliphatic imine (C=N–C) groups is 1. The number of nitrogens with one attached hydrogen (secondary N) is 1. The molecule has 2 N–H and O–H groups in total. The summed E-state index contributed by atoms with van der Waals surface area (Å²) in [6, 6.07) is 3.98. The minimum absolute atomic E-state index is 0.107. The Labute approximate surface area is 121 Å². The molecule has 21 heavy (non-hydrogen) atoms. The molecule has 0 heterocycles. The molecule has 1 rings (SSSR count). The Bertz CT molecular complexity index is 663. The van der Waals surface area contributed by atoms with Crippen molar-refractivity contribution in [3.05, 3.63) is 24.3 Å². The Kier molecular flexibility index (Phi) is 5.56. The second kappa shape index (κ2) is 6.95. The zero-order valence-electron chi connectivity index (χ0n) is 11.4. The molecule has 0 saturated heterocycles. The molecule has 0 spiro atoms. The molecule has 0 aliphatic carbocycles. The number of benzene rings is 1. The van der Waals surface area contributed by atoms with Gasteiger partial charge in [0.05, 0.1) is 11.5 Å². The molecule has 114 valence electrons. The van der Waals surface area contributed by atoms with Gasteiger partial charge in [0.25, 0.3) is 10.1 Å². The zero-order chi connectivity index (χ0) is 16.0. The van der Waals surface area contributed by atoms with E-state index in [1.165, 1.54) is 19.1 Å². The van der Waals surface area contributed by atoms with E-state index in [1.54, 1.807) is 6.92 Å². The van der Waals surface area contributed by atoms with Crippen LogP contribution in [0.3, 0.4) is 0 Å². The minimum atomic E-state index is -4.29. The van der Waals surface area contributed by atoms with Gasteiger partial charge in [0.2, 0.25) is 0 Å². The summed E-state index contributed by atoms with van der Waals surface area (Å²) in [6.45, 7) is 3.13. The Balaban J connectivity index is 2.76. The van der Waals surface area contributed by atoms with E-state index < -0.39 is 22.1 Å². The van der Waals surface area contributed by atoms with E-state index in [-0.39, 0.29) is 22.9 Å². The highest BCUT2D eigenvalue weighted by Crippen LogP contribution is 2.13. The van der Waals surface area contributed by atoms with Crippen LogP contribution in [0.2, 0.25) is 0 Å². The molecule has 0 saturated carbocycles. The van der Waals surface area contributed by atoms with E-state index in [0.29, 0.717) is 0 Å². The van der Waals surface area contributed by atoms with Gasteiger partial charge in [-0.1, -0.05) is 0 Å². The second-order valence-electron chi connectivity index (χ2n) is 3.85. The smallest absolute Gasteiger partial charge is 0.352 e. The van der Waals surface area contributed by atoms with Crippen LogP contribution >= 0.6 is 0 Å². The fraction of sp³-hybridized carbons (Fsp3) is 0.250. The van der Waals surface area contributed by atoms with Gasteiger partial charge < -0.3 is 10.1 Å². The summed E-state index contributed by atoms with van der Waals surface area (Å²) in [6.07, 6.45) is 0. The zero-order valence-corrected chi connectivity index (χ0v) is 12.2. The molecular formula is C12H14N2O6S. The van der Waals surface area contributed by atoms with Gasteiger partial charge in [-0.05, 0) is 38.1 Å². The number of rotatable bonds is 4. The third kappa shape index (κ3) is 5.32. The molecule has 8 nitrogen and oxygen atoms in total. The normalized spacial score (nSPS) is 11.9. The van der Waals surface area contributed by atoms with Crippen molar-refractivity contribution in [2.24, 2.45) is 4.99 Å². The maximum absolute atomic E-state index is 11.5. The molecular weight excluding hydrogens is 300 g/mol. The highest BCUT2D eigenvalue weighted by Gasteiger charge is 2.11. The molecule has 0 aliphatic heterocycles. The standard InChI is InChI=1S/C12H14N2O6S/c1-3-20-11(15)8(2)13-12(16)14-9-4-6-10(7-5-9)21(17,18)19/h4-7H,3H2,1-2H3,(H,14,16)(H,17,18,19). The molecule has 2 amide bonds. The molecule has 0 bridgehead atoms. The van der Waals surface area contributed by atoms with Crippen LogP contribution in [0.25, 0.3) is 0 Å². The monoisotopic (exact) mass is 314 g/mol. The lowest BCUT2D eigenvalue weighted by molar-refractivity contribution is -0.135. The van der Waals surface area contributed by atoms with Crippen LogP contribution in [0, 0.1) is 0 Å². The summed E-state index contributed by atoms with van der Waals surface area (Å²) in [5, 5.41) is 2.34. The summed E-state index contributed by atoms with van der Waals surface area (Å²) >= 11 is 0. The van der Waals surface area contributed by atoms with Gasteiger partial charge in [-0.15, -0.1) is 0 Å². The number of anilines is 1. The minimum Gasteiger partial charge on any atom is -0.462 e. The number of ether oxygens (including phenoxy) is 1. The SMILES string of the molecule is CCOC(=O)C(C)=NC(=O)Nc1ccc(S(=O)(=O)O)cc1. The maximum Gasteiger partial charge on any atom is 0.352 e. The summed E-state index contributed by atoms with van der Waals surface area (Å²) < 4.78 is 35.2. The molecule has 0 aliphatic rings. The molecule has 0 aromatic heterocycles. The molecule has 0 unspecified atom stereocenters. The van der Waals surface area contributed by atoms with Gasteiger partial charge in [-0.25, -0.2) is 9.59 Å². The van der Waals surface area contributed by atoms with Crippen molar-refractivity contribution in [3.63, 3.8) is 0 Å². The first-order valence-electron chi connectivity index (χ1n) is 5.85. The first-order valence-corrected chi connectivity index (χ1v) is 7.29. The van der Waals surface area contributed by atoms with Crippen molar-refractivity contribution in [2.45, 2.75) is 18.7 Å². The van der Waals surface area contributed by atoms with Gasteiger partial charge in [0, 0.05) is 5.69 Å². The van der Waals surface area contributed by atoms with Crippen LogP contribution in [0.4, 0.5) is 10.5 Å². The van der Waals surface area contributed by atoms with Crippen molar-refractivity contribution in [3.8, 4) is 0 Å². The van der Waals surface area contributed by atoms with Gasteiger partial charge in [0.15, 0.2) is 0 Å². The van der Waals surface area contributed by atoms with E-state index >= 15 is 0 Å². The van der Waals surface area contributed by atoms with Crippen molar-refractivity contribution < 1.29 is 27.3 Å². The second-order valence-corrected chi connectivity index (χ2v) is 5.27. The molecule has 0 atom stereocenters. The summed E-state index contributed by atoms with van der Waals surface area (Å²) in [5.74, 6) is -0.700. The van der Waals surface area contributed by atoms with E-state index in [2.05, 4.69) is 15.0 Å². The molecule has 1 aromatic carbocycles. The van der Waals surface area contributed by atoms with Crippen LogP contribution in [-0.4, -0.2) is 37.3 Å². The van der Waals surface area contributed by atoms with Crippen LogP contribution in [0.5, 0.6) is 0 Å². The van der Waals surface area contributed by atoms with E-state index in [1.807, 2.05) is 0 Å². The Morgan fingerprint density at radius 1 is 1.29 bits per heavy atom. The third-order valence-corrected chi connectivity index (χ3v) is 3.11. The van der Waals surface area contributed by atoms with Crippen LogP contribution in [-0.2, 0) is 19.6 Å². The Hall–Kier alpha value is -2.26. The number of urea groups is 1. The molecule has 0 fully saturated rings. The molecule has 1 aromatic rings. The summed E-state index contributed by atoms with van der Waals surface area (Å²) in [4.78, 5) is 26.0. The lowest BCUT2D eigenvalue weighted by Crippen LogP contribution is -2.18. The molecule has 0 radical (unpaired) electrons. The predicted molar refractivity (Wildman–Crippen MR) is 75.0 cm³/mol. The van der Waals surface area contributed by atoms with Crippen molar-refractivity contribution in [1.82, 2.24) is 0 Å². The topological polar surface area (TPSA) is 122 Å². The van der Waals surface area contributed by atoms with E-state index in [4.69, 9.17) is 4.55 Å². The van der Waals surface area contributed by atoms with Gasteiger partial charge >= 0.3 is 12.0 Å². The first kappa shape index (κ1) is 16.8. The van der Waals surface area contributed by atoms with E-state index in [9.17, 15) is 18.0 Å². The number of hydrogen-bond donors (Lipinski definition) is 2. The quantitative estimate of drug-likeness (QED) is 0.493. The summed E-state index contributed by atoms with van der Waals surface area (Å²) in [7, 11) is -4.29. The van der Waals surface area contributed by atoms with Crippen LogP contribution in [0.15, 0.2) is 34.2 Å². The number of hydrogen-bond acceptors (Lipinski definition) is 5. The van der Waals surface area contributed by atoms with Crippen molar-refractivity contribution in [1.29, 1.82) is 0 Å². The Morgan fingerprint density at radius 3 is 2.33 bits per heavy atom. The molecule has 9 heteroatoms. The number of nitrogens with zero attached hydrogens (tertiary/aromatic N) is 1. The third-order valence-electron chi connectivity index (χ3n) is 2.24. The van der Waals surface area contributed by atoms with Gasteiger partial charge in [0.1, 0.15) is 5.71 Å². The number of esters is 1. The Morgan fingerprint density at radius 2 is 1.86 bits per heavy atom. The van der Waals surface area contributed by atoms with E-state index in [0.717, 1.165) is 12.1 Å². The largest absolute Gasteiger partial charge is 0.462 e. The summed E-state index contributed by atoms with van der Waals surface area (Å²) in [5.41, 5.74) is 0.150.